The number of hydrazone groups is 1. The quantitative estimate of drug-likeness (QED) is 0.510. The van der Waals surface area contributed by atoms with Gasteiger partial charge in [-0.2, -0.15) is 20.1 Å². The van der Waals surface area contributed by atoms with Gasteiger partial charge in [0.25, 0.3) is 11.5 Å². The van der Waals surface area contributed by atoms with Crippen LogP contribution in [0.4, 0.5) is 0 Å². The summed E-state index contributed by atoms with van der Waals surface area (Å²) in [5, 5.41) is 18.2. The van der Waals surface area contributed by atoms with E-state index in [-0.39, 0.29) is 16.8 Å². The lowest BCUT2D eigenvalue weighted by molar-refractivity contribution is 0.0947. The van der Waals surface area contributed by atoms with E-state index in [1.165, 1.54) is 13.1 Å². The lowest BCUT2D eigenvalue weighted by atomic mass is 10.1. The largest absolute Gasteiger partial charge is 0.292 e. The highest BCUT2D eigenvalue weighted by molar-refractivity contribution is 6.36. The molecule has 1 heterocycles. The van der Waals surface area contributed by atoms with Crippen LogP contribution in [0, 0.1) is 18.3 Å². The predicted molar refractivity (Wildman–Crippen MR) is 111 cm³/mol. The summed E-state index contributed by atoms with van der Waals surface area (Å²) >= 11 is 11.9. The molecule has 0 saturated heterocycles. The minimum absolute atomic E-state index is 0.0932. The molecule has 0 unspecified atom stereocenters. The Morgan fingerprint density at radius 2 is 1.97 bits per heavy atom. The SMILES string of the molecule is Cc1c(C(=O)N/N=C/c2ccc(Cl)cc2Cl)nn(-c2ccccc2)c(=O)c1C#N. The molecule has 144 valence electrons. The number of para-hydroxylation sites is 1. The maximum absolute atomic E-state index is 12.6. The molecule has 1 aromatic heterocycles. The summed E-state index contributed by atoms with van der Waals surface area (Å²) in [7, 11) is 0. The van der Waals surface area contributed by atoms with Gasteiger partial charge in [-0.25, -0.2) is 5.43 Å². The summed E-state index contributed by atoms with van der Waals surface area (Å²) in [6.45, 7) is 1.48. The Bertz CT molecular complexity index is 1210. The smallest absolute Gasteiger partial charge is 0.266 e. The number of nitriles is 1. The third-order valence-corrected chi connectivity index (χ3v) is 4.56. The number of halogens is 2. The van der Waals surface area contributed by atoms with E-state index >= 15 is 0 Å². The maximum atomic E-state index is 12.6. The van der Waals surface area contributed by atoms with Crippen molar-refractivity contribution in [3.63, 3.8) is 0 Å². The van der Waals surface area contributed by atoms with Crippen LogP contribution in [0.1, 0.15) is 27.2 Å². The minimum atomic E-state index is -0.676. The first kappa shape index (κ1) is 20.3. The lowest BCUT2D eigenvalue weighted by Gasteiger charge is -2.10. The Morgan fingerprint density at radius 1 is 1.24 bits per heavy atom. The van der Waals surface area contributed by atoms with E-state index in [1.807, 2.05) is 6.07 Å². The van der Waals surface area contributed by atoms with Crippen LogP contribution >= 0.6 is 23.2 Å². The zero-order chi connectivity index (χ0) is 21.0. The molecule has 2 aromatic carbocycles. The predicted octanol–water partition coefficient (Wildman–Crippen LogP) is 3.48. The van der Waals surface area contributed by atoms with Gasteiger partial charge in [-0.05, 0) is 31.2 Å². The summed E-state index contributed by atoms with van der Waals surface area (Å²) in [6.07, 6.45) is 1.35. The second kappa shape index (κ2) is 8.69. The fourth-order valence-corrected chi connectivity index (χ4v) is 2.97. The number of amides is 1. The molecule has 7 nitrogen and oxygen atoms in total. The molecule has 3 aromatic rings. The van der Waals surface area contributed by atoms with Gasteiger partial charge in [-0.1, -0.05) is 47.5 Å². The molecule has 1 N–H and O–H groups in total. The normalized spacial score (nSPS) is 10.7. The zero-order valence-electron chi connectivity index (χ0n) is 15.1. The average Bonchev–Trinajstić information content (AvgIpc) is 2.70. The number of hydrogen-bond acceptors (Lipinski definition) is 5. The van der Waals surface area contributed by atoms with Gasteiger partial charge in [0.2, 0.25) is 0 Å². The van der Waals surface area contributed by atoms with Crippen LogP contribution in [-0.4, -0.2) is 21.9 Å². The van der Waals surface area contributed by atoms with Crippen molar-refractivity contribution >= 4 is 35.3 Å². The van der Waals surface area contributed by atoms with Crippen molar-refractivity contribution in [3.8, 4) is 11.8 Å². The standard InChI is InChI=1S/C20H13Cl2N5O2/c1-12-16(10-23)20(29)27(15-5-3-2-4-6-15)26-18(12)19(28)25-24-11-13-7-8-14(21)9-17(13)22/h2-9,11H,1H3,(H,25,28)/b24-11+. The first-order valence-electron chi connectivity index (χ1n) is 8.30. The second-order valence-corrected chi connectivity index (χ2v) is 6.72. The molecule has 0 aliphatic carbocycles. The number of hydrogen-bond donors (Lipinski definition) is 1. The number of carbonyl (C=O) groups is 1. The van der Waals surface area contributed by atoms with Crippen molar-refractivity contribution in [2.75, 3.05) is 0 Å². The van der Waals surface area contributed by atoms with Crippen molar-refractivity contribution < 1.29 is 4.79 Å². The number of benzene rings is 2. The van der Waals surface area contributed by atoms with Crippen LogP contribution in [0.25, 0.3) is 5.69 Å². The Labute approximate surface area is 175 Å². The van der Waals surface area contributed by atoms with Crippen molar-refractivity contribution in [2.45, 2.75) is 6.92 Å². The van der Waals surface area contributed by atoms with Crippen LogP contribution < -0.4 is 11.0 Å². The Balaban J connectivity index is 1.95. The van der Waals surface area contributed by atoms with Crippen LogP contribution in [-0.2, 0) is 0 Å². The highest BCUT2D eigenvalue weighted by atomic mass is 35.5. The van der Waals surface area contributed by atoms with Crippen LogP contribution in [0.15, 0.2) is 58.4 Å². The van der Waals surface area contributed by atoms with E-state index in [1.54, 1.807) is 48.5 Å². The van der Waals surface area contributed by atoms with E-state index < -0.39 is 11.5 Å². The van der Waals surface area contributed by atoms with Gasteiger partial charge in [0, 0.05) is 16.1 Å². The number of rotatable bonds is 4. The topological polar surface area (TPSA) is 100 Å². The first-order chi connectivity index (χ1) is 13.9. The van der Waals surface area contributed by atoms with Crippen molar-refractivity contribution in [1.29, 1.82) is 5.26 Å². The summed E-state index contributed by atoms with van der Waals surface area (Å²) in [6, 6.07) is 15.2. The number of aromatic nitrogens is 2. The molecular weight excluding hydrogens is 413 g/mol. The molecule has 1 amide bonds. The molecule has 0 fully saturated rings. The molecule has 0 bridgehead atoms. The molecular formula is C20H13Cl2N5O2. The second-order valence-electron chi connectivity index (χ2n) is 5.88. The summed E-state index contributed by atoms with van der Waals surface area (Å²) in [4.78, 5) is 25.1. The lowest BCUT2D eigenvalue weighted by Crippen LogP contribution is -2.31. The fraction of sp³-hybridized carbons (Fsp3) is 0.0500. The average molecular weight is 426 g/mol. The summed E-state index contributed by atoms with van der Waals surface area (Å²) in [5.74, 6) is -0.676. The number of nitrogens with zero attached hydrogens (tertiary/aromatic N) is 4. The van der Waals surface area contributed by atoms with Gasteiger partial charge in [0.15, 0.2) is 5.69 Å². The Morgan fingerprint density at radius 3 is 2.62 bits per heavy atom. The molecule has 0 radical (unpaired) electrons. The highest BCUT2D eigenvalue weighted by Crippen LogP contribution is 2.19. The number of carbonyl (C=O) groups excluding carboxylic acids is 1. The molecule has 29 heavy (non-hydrogen) atoms. The van der Waals surface area contributed by atoms with E-state index in [0.717, 1.165) is 4.68 Å². The maximum Gasteiger partial charge on any atom is 0.292 e. The Hall–Kier alpha value is -3.47. The third-order valence-electron chi connectivity index (χ3n) is 4.00. The van der Waals surface area contributed by atoms with E-state index in [9.17, 15) is 14.9 Å². The Kier molecular flexibility index (Phi) is 6.07. The molecule has 9 heteroatoms. The van der Waals surface area contributed by atoms with Gasteiger partial charge in [-0.15, -0.1) is 0 Å². The van der Waals surface area contributed by atoms with Gasteiger partial charge in [0.05, 0.1) is 16.9 Å². The van der Waals surface area contributed by atoms with Crippen LogP contribution in [0.5, 0.6) is 0 Å². The molecule has 3 rings (SSSR count). The van der Waals surface area contributed by atoms with E-state index in [4.69, 9.17) is 23.2 Å². The summed E-state index contributed by atoms with van der Waals surface area (Å²) < 4.78 is 1.01. The van der Waals surface area contributed by atoms with Crippen molar-refractivity contribution in [1.82, 2.24) is 15.2 Å². The first-order valence-corrected chi connectivity index (χ1v) is 9.06. The van der Waals surface area contributed by atoms with E-state index in [2.05, 4.69) is 15.6 Å². The number of nitrogens with one attached hydrogen (secondary N) is 1. The fourth-order valence-electron chi connectivity index (χ4n) is 2.52. The van der Waals surface area contributed by atoms with Gasteiger partial charge < -0.3 is 0 Å². The van der Waals surface area contributed by atoms with Gasteiger partial charge in [-0.3, -0.25) is 9.59 Å². The molecule has 0 spiro atoms. The monoisotopic (exact) mass is 425 g/mol. The molecule has 0 aliphatic heterocycles. The van der Waals surface area contributed by atoms with Crippen molar-refractivity contribution in [2.24, 2.45) is 5.10 Å². The molecule has 0 atom stereocenters. The summed E-state index contributed by atoms with van der Waals surface area (Å²) in [5.41, 5.74) is 2.61. The molecule has 0 aliphatic rings. The van der Waals surface area contributed by atoms with Gasteiger partial charge >= 0.3 is 0 Å². The third kappa shape index (κ3) is 4.35. The van der Waals surface area contributed by atoms with Crippen LogP contribution in [0.2, 0.25) is 10.0 Å². The minimum Gasteiger partial charge on any atom is -0.266 e. The van der Waals surface area contributed by atoms with E-state index in [0.29, 0.717) is 21.3 Å². The molecule has 0 saturated carbocycles. The zero-order valence-corrected chi connectivity index (χ0v) is 16.6. The van der Waals surface area contributed by atoms with Gasteiger partial charge in [0.1, 0.15) is 11.6 Å². The van der Waals surface area contributed by atoms with Crippen LogP contribution in [0.3, 0.4) is 0 Å². The highest BCUT2D eigenvalue weighted by Gasteiger charge is 2.20. The van der Waals surface area contributed by atoms with Crippen molar-refractivity contribution in [3.05, 3.63) is 91.3 Å².